The highest BCUT2D eigenvalue weighted by atomic mass is 79.9. The highest BCUT2D eigenvalue weighted by Crippen LogP contribution is 2.18. The van der Waals surface area contributed by atoms with Crippen molar-refractivity contribution in [3.8, 4) is 5.75 Å². The lowest BCUT2D eigenvalue weighted by Gasteiger charge is -2.20. The molecule has 1 fully saturated rings. The van der Waals surface area contributed by atoms with Gasteiger partial charge >= 0.3 is 5.97 Å². The van der Waals surface area contributed by atoms with Gasteiger partial charge < -0.3 is 19.0 Å². The summed E-state index contributed by atoms with van der Waals surface area (Å²) in [5.41, 5.74) is 1.29. The van der Waals surface area contributed by atoms with Gasteiger partial charge in [-0.15, -0.1) is 0 Å². The number of nitrogens with zero attached hydrogens (tertiary/aromatic N) is 2. The number of carbonyl (C=O) groups excluding carboxylic acids is 1. The predicted octanol–water partition coefficient (Wildman–Crippen LogP) is 3.96. The van der Waals surface area contributed by atoms with E-state index in [1.54, 1.807) is 12.1 Å². The Labute approximate surface area is 171 Å². The third-order valence-corrected chi connectivity index (χ3v) is 4.61. The first-order valence-corrected chi connectivity index (χ1v) is 9.72. The summed E-state index contributed by atoms with van der Waals surface area (Å²) in [6, 6.07) is 10.6. The second-order valence-corrected chi connectivity index (χ2v) is 7.02. The maximum absolute atomic E-state index is 11.8. The molecule has 0 radical (unpaired) electrons. The van der Waals surface area contributed by atoms with Gasteiger partial charge in [-0.05, 0) is 49.2 Å². The van der Waals surface area contributed by atoms with Crippen LogP contribution < -0.4 is 4.74 Å². The van der Waals surface area contributed by atoms with E-state index in [0.29, 0.717) is 29.3 Å². The standard InChI is InChI=1S/C20H21BrN2O5/c1-25-20(24)14-9-10-22-17(12-14)18(23-28-19-4-2-3-11-26-19)13-27-16-7-5-15(21)6-8-16/h5-10,12,19H,2-4,11,13H2,1H3/b23-18+. The van der Waals surface area contributed by atoms with Crippen LogP contribution in [0.15, 0.2) is 52.2 Å². The topological polar surface area (TPSA) is 79.2 Å². The van der Waals surface area contributed by atoms with E-state index >= 15 is 0 Å². The lowest BCUT2D eigenvalue weighted by atomic mass is 10.2. The monoisotopic (exact) mass is 448 g/mol. The summed E-state index contributed by atoms with van der Waals surface area (Å²) in [6.07, 6.45) is 3.96. The molecule has 0 amide bonds. The van der Waals surface area contributed by atoms with Crippen LogP contribution in [0.4, 0.5) is 0 Å². The van der Waals surface area contributed by atoms with Crippen molar-refractivity contribution in [1.82, 2.24) is 4.98 Å². The number of hydrogen-bond donors (Lipinski definition) is 0. The molecule has 0 saturated carbocycles. The van der Waals surface area contributed by atoms with Crippen LogP contribution in [-0.2, 0) is 14.3 Å². The van der Waals surface area contributed by atoms with Gasteiger partial charge in [-0.1, -0.05) is 21.1 Å². The molecular weight excluding hydrogens is 428 g/mol. The van der Waals surface area contributed by atoms with Crippen LogP contribution in [-0.4, -0.2) is 43.3 Å². The van der Waals surface area contributed by atoms with E-state index < -0.39 is 5.97 Å². The van der Waals surface area contributed by atoms with Gasteiger partial charge in [-0.2, -0.15) is 0 Å². The van der Waals surface area contributed by atoms with E-state index in [1.165, 1.54) is 13.3 Å². The van der Waals surface area contributed by atoms with Gasteiger partial charge in [0.05, 0.1) is 25.0 Å². The molecule has 0 aliphatic carbocycles. The molecule has 0 N–H and O–H groups in total. The van der Waals surface area contributed by atoms with Gasteiger partial charge in [0.25, 0.3) is 0 Å². The van der Waals surface area contributed by atoms with Gasteiger partial charge in [0.15, 0.2) is 0 Å². The molecule has 1 unspecified atom stereocenters. The summed E-state index contributed by atoms with van der Waals surface area (Å²) >= 11 is 3.39. The summed E-state index contributed by atoms with van der Waals surface area (Å²) in [4.78, 5) is 21.7. The van der Waals surface area contributed by atoms with Crippen molar-refractivity contribution in [3.63, 3.8) is 0 Å². The zero-order valence-electron chi connectivity index (χ0n) is 15.5. The van der Waals surface area contributed by atoms with Gasteiger partial charge in [0.2, 0.25) is 6.29 Å². The van der Waals surface area contributed by atoms with E-state index in [0.717, 1.165) is 23.7 Å². The number of methoxy groups -OCH3 is 1. The van der Waals surface area contributed by atoms with E-state index in [2.05, 4.69) is 26.1 Å². The number of benzene rings is 1. The van der Waals surface area contributed by atoms with Crippen molar-refractivity contribution in [2.45, 2.75) is 25.6 Å². The smallest absolute Gasteiger partial charge is 0.337 e. The molecule has 2 aromatic rings. The van der Waals surface area contributed by atoms with Crippen LogP contribution in [0, 0.1) is 0 Å². The lowest BCUT2D eigenvalue weighted by Crippen LogP contribution is -2.22. The summed E-state index contributed by atoms with van der Waals surface area (Å²) < 4.78 is 17.1. The molecule has 0 bridgehead atoms. The molecule has 3 rings (SSSR count). The number of aromatic nitrogens is 1. The number of pyridine rings is 1. The Balaban J connectivity index is 1.78. The predicted molar refractivity (Wildman–Crippen MR) is 106 cm³/mol. The third kappa shape index (κ3) is 5.77. The molecule has 28 heavy (non-hydrogen) atoms. The van der Waals surface area contributed by atoms with E-state index in [9.17, 15) is 4.79 Å². The van der Waals surface area contributed by atoms with Crippen molar-refractivity contribution in [3.05, 3.63) is 58.3 Å². The molecule has 1 aromatic heterocycles. The molecule has 1 aromatic carbocycles. The fraction of sp³-hybridized carbons (Fsp3) is 0.350. The molecule has 2 heterocycles. The molecular formula is C20H21BrN2O5. The molecule has 8 heteroatoms. The van der Waals surface area contributed by atoms with Crippen molar-refractivity contribution < 1.29 is 23.8 Å². The number of oxime groups is 1. The Morgan fingerprint density at radius 2 is 2.11 bits per heavy atom. The Morgan fingerprint density at radius 3 is 2.82 bits per heavy atom. The highest BCUT2D eigenvalue weighted by molar-refractivity contribution is 9.10. The lowest BCUT2D eigenvalue weighted by molar-refractivity contribution is -0.162. The molecule has 1 aliphatic rings. The van der Waals surface area contributed by atoms with Crippen molar-refractivity contribution in [1.29, 1.82) is 0 Å². The fourth-order valence-corrected chi connectivity index (χ4v) is 2.84. The zero-order chi connectivity index (χ0) is 19.8. The minimum absolute atomic E-state index is 0.117. The zero-order valence-corrected chi connectivity index (χ0v) is 17.1. The molecule has 1 atom stereocenters. The maximum Gasteiger partial charge on any atom is 0.337 e. The Hall–Kier alpha value is -2.45. The summed E-state index contributed by atoms with van der Waals surface area (Å²) in [5, 5.41) is 4.22. The molecule has 7 nitrogen and oxygen atoms in total. The second kappa shape index (κ2) is 10.2. The van der Waals surface area contributed by atoms with E-state index in [1.807, 2.05) is 24.3 Å². The Bertz CT molecular complexity index is 820. The molecule has 0 spiro atoms. The largest absolute Gasteiger partial charge is 0.487 e. The number of hydrogen-bond acceptors (Lipinski definition) is 7. The fourth-order valence-electron chi connectivity index (χ4n) is 2.58. The van der Waals surface area contributed by atoms with E-state index in [4.69, 9.17) is 19.0 Å². The van der Waals surface area contributed by atoms with Crippen LogP contribution in [0.25, 0.3) is 0 Å². The normalized spacial score (nSPS) is 17.1. The van der Waals surface area contributed by atoms with Gasteiger partial charge in [-0.3, -0.25) is 4.98 Å². The summed E-state index contributed by atoms with van der Waals surface area (Å²) in [7, 11) is 1.33. The van der Waals surface area contributed by atoms with Crippen molar-refractivity contribution in [2.24, 2.45) is 5.16 Å². The number of rotatable bonds is 7. The third-order valence-electron chi connectivity index (χ3n) is 4.08. The van der Waals surface area contributed by atoms with Crippen LogP contribution in [0.2, 0.25) is 0 Å². The minimum atomic E-state index is -0.451. The van der Waals surface area contributed by atoms with E-state index in [-0.39, 0.29) is 12.9 Å². The van der Waals surface area contributed by atoms with Gasteiger partial charge in [-0.25, -0.2) is 4.79 Å². The van der Waals surface area contributed by atoms with Crippen LogP contribution >= 0.6 is 15.9 Å². The summed E-state index contributed by atoms with van der Waals surface area (Å²) in [6.45, 7) is 0.771. The molecule has 148 valence electrons. The van der Waals surface area contributed by atoms with Gasteiger partial charge in [0, 0.05) is 17.1 Å². The molecule has 1 saturated heterocycles. The van der Waals surface area contributed by atoms with Crippen LogP contribution in [0.1, 0.15) is 35.3 Å². The summed E-state index contributed by atoms with van der Waals surface area (Å²) in [5.74, 6) is 0.224. The highest BCUT2D eigenvalue weighted by Gasteiger charge is 2.17. The molecule has 1 aliphatic heterocycles. The van der Waals surface area contributed by atoms with Crippen molar-refractivity contribution in [2.75, 3.05) is 20.3 Å². The maximum atomic E-state index is 11.8. The number of ether oxygens (including phenoxy) is 3. The van der Waals surface area contributed by atoms with Crippen molar-refractivity contribution >= 4 is 27.6 Å². The first kappa shape index (κ1) is 20.3. The number of esters is 1. The van der Waals surface area contributed by atoms with Crippen LogP contribution in [0.5, 0.6) is 5.75 Å². The van der Waals surface area contributed by atoms with Crippen LogP contribution in [0.3, 0.4) is 0 Å². The average Bonchev–Trinajstić information content (AvgIpc) is 2.75. The quantitative estimate of drug-likeness (QED) is 0.362. The first-order valence-electron chi connectivity index (χ1n) is 8.93. The van der Waals surface area contributed by atoms with Gasteiger partial charge in [0.1, 0.15) is 18.1 Å². The first-order chi connectivity index (χ1) is 13.7. The minimum Gasteiger partial charge on any atom is -0.487 e. The number of halogens is 1. The average molecular weight is 449 g/mol. The Kier molecular flexibility index (Phi) is 7.39. The Morgan fingerprint density at radius 1 is 1.29 bits per heavy atom. The second-order valence-electron chi connectivity index (χ2n) is 6.10. The number of carbonyl (C=O) groups is 1. The SMILES string of the molecule is COC(=O)c1ccnc(/C(COc2ccc(Br)cc2)=N/OC2CCCCO2)c1.